The SMILES string of the molecule is COCC(C)n1c(CCl)nc2ccccc2c1=O. The molecular formula is C13H15ClN2O2. The summed E-state index contributed by atoms with van der Waals surface area (Å²) < 4.78 is 6.70. The minimum Gasteiger partial charge on any atom is -0.383 e. The van der Waals surface area contributed by atoms with Crippen LogP contribution < -0.4 is 5.56 Å². The predicted molar refractivity (Wildman–Crippen MR) is 72.1 cm³/mol. The monoisotopic (exact) mass is 266 g/mol. The van der Waals surface area contributed by atoms with Crippen molar-refractivity contribution in [3.63, 3.8) is 0 Å². The third-order valence-corrected chi connectivity index (χ3v) is 3.09. The Labute approximate surface area is 110 Å². The van der Waals surface area contributed by atoms with Crippen molar-refractivity contribution in [2.75, 3.05) is 13.7 Å². The molecule has 0 fully saturated rings. The number of fused-ring (bicyclic) bond motifs is 1. The zero-order valence-corrected chi connectivity index (χ0v) is 11.1. The van der Waals surface area contributed by atoms with Crippen LogP contribution in [0.2, 0.25) is 0 Å². The number of halogens is 1. The van der Waals surface area contributed by atoms with Crippen LogP contribution in [0.1, 0.15) is 18.8 Å². The molecule has 1 atom stereocenters. The molecule has 18 heavy (non-hydrogen) atoms. The van der Waals surface area contributed by atoms with E-state index in [0.29, 0.717) is 23.3 Å². The van der Waals surface area contributed by atoms with E-state index in [1.165, 1.54) is 0 Å². The topological polar surface area (TPSA) is 44.1 Å². The van der Waals surface area contributed by atoms with Crippen LogP contribution >= 0.6 is 11.6 Å². The first-order chi connectivity index (χ1) is 8.69. The van der Waals surface area contributed by atoms with Crippen molar-refractivity contribution in [3.05, 3.63) is 40.4 Å². The summed E-state index contributed by atoms with van der Waals surface area (Å²) in [5, 5.41) is 0.606. The average molecular weight is 267 g/mol. The van der Waals surface area contributed by atoms with E-state index < -0.39 is 0 Å². The lowest BCUT2D eigenvalue weighted by atomic mass is 10.2. The molecule has 4 nitrogen and oxygen atoms in total. The van der Waals surface area contributed by atoms with Gasteiger partial charge in [-0.05, 0) is 19.1 Å². The molecule has 0 N–H and O–H groups in total. The standard InChI is InChI=1S/C13H15ClN2O2/c1-9(8-18-2)16-12(7-14)15-11-6-4-3-5-10(11)13(16)17/h3-6,9H,7-8H2,1-2H3. The molecule has 0 radical (unpaired) electrons. The Balaban J connectivity index is 2.70. The lowest BCUT2D eigenvalue weighted by molar-refractivity contribution is 0.159. The predicted octanol–water partition coefficient (Wildman–Crippen LogP) is 2.34. The zero-order valence-electron chi connectivity index (χ0n) is 10.4. The van der Waals surface area contributed by atoms with Gasteiger partial charge in [-0.2, -0.15) is 0 Å². The van der Waals surface area contributed by atoms with E-state index in [1.54, 1.807) is 17.7 Å². The molecule has 1 aromatic carbocycles. The second-order valence-corrected chi connectivity index (χ2v) is 4.43. The summed E-state index contributed by atoms with van der Waals surface area (Å²) in [4.78, 5) is 16.9. The average Bonchev–Trinajstić information content (AvgIpc) is 2.38. The lowest BCUT2D eigenvalue weighted by Crippen LogP contribution is -2.29. The van der Waals surface area contributed by atoms with E-state index in [9.17, 15) is 4.79 Å². The smallest absolute Gasteiger partial charge is 0.261 e. The molecule has 0 spiro atoms. The number of nitrogens with zero attached hydrogens (tertiary/aromatic N) is 2. The number of ether oxygens (including phenoxy) is 1. The third-order valence-electron chi connectivity index (χ3n) is 2.85. The maximum atomic E-state index is 12.4. The van der Waals surface area contributed by atoms with Crippen molar-refractivity contribution in [2.24, 2.45) is 0 Å². The maximum Gasteiger partial charge on any atom is 0.261 e. The van der Waals surface area contributed by atoms with E-state index in [2.05, 4.69) is 4.98 Å². The van der Waals surface area contributed by atoms with Gasteiger partial charge in [-0.25, -0.2) is 4.98 Å². The van der Waals surface area contributed by atoms with Gasteiger partial charge in [0, 0.05) is 7.11 Å². The van der Waals surface area contributed by atoms with Crippen LogP contribution in [-0.2, 0) is 10.6 Å². The van der Waals surface area contributed by atoms with Gasteiger partial charge < -0.3 is 4.74 Å². The normalized spacial score (nSPS) is 12.8. The summed E-state index contributed by atoms with van der Waals surface area (Å²) in [5.41, 5.74) is 0.611. The number of rotatable bonds is 4. The van der Waals surface area contributed by atoms with Crippen molar-refractivity contribution in [1.29, 1.82) is 0 Å². The number of aromatic nitrogens is 2. The zero-order chi connectivity index (χ0) is 13.1. The number of methoxy groups -OCH3 is 1. The van der Waals surface area contributed by atoms with Crippen LogP contribution in [0.4, 0.5) is 0 Å². The van der Waals surface area contributed by atoms with Crippen molar-refractivity contribution in [1.82, 2.24) is 9.55 Å². The number of hydrogen-bond donors (Lipinski definition) is 0. The number of alkyl halides is 1. The Morgan fingerprint density at radius 3 is 2.83 bits per heavy atom. The van der Waals surface area contributed by atoms with Gasteiger partial charge in [-0.1, -0.05) is 12.1 Å². The Morgan fingerprint density at radius 2 is 2.17 bits per heavy atom. The molecule has 1 heterocycles. The van der Waals surface area contributed by atoms with Crippen molar-refractivity contribution in [2.45, 2.75) is 18.8 Å². The van der Waals surface area contributed by atoms with Crippen LogP contribution in [0.15, 0.2) is 29.1 Å². The summed E-state index contributed by atoms with van der Waals surface area (Å²) in [6.07, 6.45) is 0. The summed E-state index contributed by atoms with van der Waals surface area (Å²) in [5.74, 6) is 0.777. The van der Waals surface area contributed by atoms with E-state index in [-0.39, 0.29) is 17.5 Å². The van der Waals surface area contributed by atoms with E-state index in [1.807, 2.05) is 25.1 Å². The number of benzene rings is 1. The van der Waals surface area contributed by atoms with Crippen LogP contribution in [0.25, 0.3) is 10.9 Å². The van der Waals surface area contributed by atoms with E-state index in [4.69, 9.17) is 16.3 Å². The third kappa shape index (κ3) is 2.26. The Bertz CT molecular complexity index is 609. The van der Waals surface area contributed by atoms with Gasteiger partial charge in [0.05, 0.1) is 29.4 Å². The quantitative estimate of drug-likeness (QED) is 0.798. The molecule has 0 aliphatic heterocycles. The molecule has 5 heteroatoms. The summed E-state index contributed by atoms with van der Waals surface area (Å²) in [6.45, 7) is 2.36. The second kappa shape index (κ2) is 5.50. The Hall–Kier alpha value is -1.39. The first-order valence-corrected chi connectivity index (χ1v) is 6.27. The van der Waals surface area contributed by atoms with Gasteiger partial charge in [-0.15, -0.1) is 11.6 Å². The molecular weight excluding hydrogens is 252 g/mol. The highest BCUT2D eigenvalue weighted by molar-refractivity contribution is 6.16. The minimum atomic E-state index is -0.0895. The van der Waals surface area contributed by atoms with Crippen LogP contribution in [0.5, 0.6) is 0 Å². The molecule has 0 bridgehead atoms. The number of hydrogen-bond acceptors (Lipinski definition) is 3. The van der Waals surface area contributed by atoms with Crippen molar-refractivity contribution in [3.8, 4) is 0 Å². The van der Waals surface area contributed by atoms with Crippen molar-refractivity contribution < 1.29 is 4.74 Å². The first kappa shape index (κ1) is 13.1. The molecule has 0 saturated heterocycles. The van der Waals surface area contributed by atoms with Gasteiger partial charge in [0.2, 0.25) is 0 Å². The van der Waals surface area contributed by atoms with Crippen LogP contribution in [-0.4, -0.2) is 23.3 Å². The summed E-state index contributed by atoms with van der Waals surface area (Å²) in [6, 6.07) is 7.19. The molecule has 1 aromatic heterocycles. The van der Waals surface area contributed by atoms with Crippen LogP contribution in [0.3, 0.4) is 0 Å². The molecule has 0 amide bonds. The van der Waals surface area contributed by atoms with Gasteiger partial charge in [-0.3, -0.25) is 9.36 Å². The van der Waals surface area contributed by atoms with Gasteiger partial charge in [0.25, 0.3) is 5.56 Å². The van der Waals surface area contributed by atoms with E-state index in [0.717, 1.165) is 0 Å². The highest BCUT2D eigenvalue weighted by atomic mass is 35.5. The number of para-hydroxylation sites is 1. The largest absolute Gasteiger partial charge is 0.383 e. The fraction of sp³-hybridized carbons (Fsp3) is 0.385. The highest BCUT2D eigenvalue weighted by Gasteiger charge is 2.14. The maximum absolute atomic E-state index is 12.4. The van der Waals surface area contributed by atoms with Crippen molar-refractivity contribution >= 4 is 22.5 Å². The van der Waals surface area contributed by atoms with Gasteiger partial charge >= 0.3 is 0 Å². The fourth-order valence-corrected chi connectivity index (χ4v) is 2.24. The molecule has 2 aromatic rings. The molecule has 2 rings (SSSR count). The lowest BCUT2D eigenvalue weighted by Gasteiger charge is -2.18. The minimum absolute atomic E-state index is 0.0687. The second-order valence-electron chi connectivity index (χ2n) is 4.16. The molecule has 0 aliphatic carbocycles. The van der Waals surface area contributed by atoms with Gasteiger partial charge in [0.15, 0.2) is 0 Å². The summed E-state index contributed by atoms with van der Waals surface area (Å²) in [7, 11) is 1.61. The molecule has 1 unspecified atom stereocenters. The first-order valence-electron chi connectivity index (χ1n) is 5.74. The van der Waals surface area contributed by atoms with Crippen LogP contribution in [0, 0.1) is 0 Å². The molecule has 96 valence electrons. The Morgan fingerprint density at radius 1 is 1.44 bits per heavy atom. The highest BCUT2D eigenvalue weighted by Crippen LogP contribution is 2.13. The summed E-state index contributed by atoms with van der Waals surface area (Å²) >= 11 is 5.89. The fourth-order valence-electron chi connectivity index (χ4n) is 2.06. The molecule has 0 aliphatic rings. The Kier molecular flexibility index (Phi) is 3.99. The van der Waals surface area contributed by atoms with Gasteiger partial charge in [0.1, 0.15) is 5.82 Å². The molecule has 0 saturated carbocycles. The van der Waals surface area contributed by atoms with E-state index >= 15 is 0 Å².